The van der Waals surface area contributed by atoms with Crippen molar-refractivity contribution in [3.8, 4) is 0 Å². The minimum absolute atomic E-state index is 0.00543. The van der Waals surface area contributed by atoms with Crippen LogP contribution in [0.25, 0.3) is 11.0 Å². The van der Waals surface area contributed by atoms with E-state index in [0.29, 0.717) is 6.61 Å². The van der Waals surface area contributed by atoms with Crippen molar-refractivity contribution in [1.29, 1.82) is 0 Å². The van der Waals surface area contributed by atoms with Gasteiger partial charge in [0.1, 0.15) is 23.3 Å². The molecule has 0 amide bonds. The molecule has 1 aliphatic heterocycles. The maximum absolute atomic E-state index is 5.89. The first-order chi connectivity index (χ1) is 10.7. The Balaban J connectivity index is 1.66. The molecule has 0 radical (unpaired) electrons. The van der Waals surface area contributed by atoms with Crippen LogP contribution in [0.5, 0.6) is 0 Å². The Labute approximate surface area is 131 Å². The summed E-state index contributed by atoms with van der Waals surface area (Å²) in [4.78, 5) is 15.5. The van der Waals surface area contributed by atoms with Gasteiger partial charge < -0.3 is 9.64 Å². The van der Waals surface area contributed by atoms with Gasteiger partial charge in [0.2, 0.25) is 0 Å². The maximum atomic E-state index is 5.89. The molecule has 0 aliphatic carbocycles. The van der Waals surface area contributed by atoms with Gasteiger partial charge in [-0.25, -0.2) is 15.0 Å². The van der Waals surface area contributed by atoms with E-state index in [1.165, 1.54) is 0 Å². The van der Waals surface area contributed by atoms with Crippen LogP contribution in [-0.4, -0.2) is 44.4 Å². The van der Waals surface area contributed by atoms with E-state index in [1.807, 2.05) is 20.2 Å². The molecule has 0 saturated carbocycles. The molecule has 4 rings (SSSR count). The Morgan fingerprint density at radius 2 is 2.27 bits per heavy atom. The van der Waals surface area contributed by atoms with Gasteiger partial charge in [-0.05, 0) is 6.92 Å². The third kappa shape index (κ3) is 2.24. The van der Waals surface area contributed by atoms with E-state index in [9.17, 15) is 0 Å². The summed E-state index contributed by atoms with van der Waals surface area (Å²) in [6.45, 7) is 4.22. The average molecular weight is 316 g/mol. The number of hydrogen-bond donors (Lipinski definition) is 0. The lowest BCUT2D eigenvalue weighted by Gasteiger charge is -2.32. The Morgan fingerprint density at radius 1 is 1.36 bits per heavy atom. The van der Waals surface area contributed by atoms with Gasteiger partial charge in [-0.3, -0.25) is 4.68 Å². The number of aromatic nitrogens is 5. The first kappa shape index (κ1) is 13.6. The quantitative estimate of drug-likeness (QED) is 0.717. The lowest BCUT2D eigenvalue weighted by molar-refractivity contribution is 0.0394. The third-order valence-corrected chi connectivity index (χ3v) is 4.84. The van der Waals surface area contributed by atoms with Gasteiger partial charge in [0.15, 0.2) is 5.65 Å². The first-order valence-corrected chi connectivity index (χ1v) is 8.01. The summed E-state index contributed by atoms with van der Waals surface area (Å²) in [5.74, 6) is 0.916. The number of morpholine rings is 1. The lowest BCUT2D eigenvalue weighted by atomic mass is 10.2. The van der Waals surface area contributed by atoms with E-state index in [0.717, 1.165) is 40.6 Å². The molecule has 1 atom stereocenters. The smallest absolute Gasteiger partial charge is 0.163 e. The molecule has 22 heavy (non-hydrogen) atoms. The van der Waals surface area contributed by atoms with Crippen molar-refractivity contribution >= 4 is 28.2 Å². The van der Waals surface area contributed by atoms with Gasteiger partial charge in [-0.2, -0.15) is 5.10 Å². The highest BCUT2D eigenvalue weighted by atomic mass is 32.1. The molecule has 114 valence electrons. The second-order valence-corrected chi connectivity index (χ2v) is 6.22. The zero-order chi connectivity index (χ0) is 15.1. The molecule has 4 heterocycles. The van der Waals surface area contributed by atoms with Gasteiger partial charge in [0, 0.05) is 24.7 Å². The number of aryl methyl sites for hydroxylation is 2. The largest absolute Gasteiger partial charge is 0.367 e. The molecule has 0 unspecified atom stereocenters. The number of hydrogen-bond acceptors (Lipinski definition) is 7. The van der Waals surface area contributed by atoms with Gasteiger partial charge in [0.05, 0.1) is 24.7 Å². The average Bonchev–Trinajstić information content (AvgIpc) is 3.14. The third-order valence-electron chi connectivity index (χ3n) is 3.79. The van der Waals surface area contributed by atoms with Crippen molar-refractivity contribution in [1.82, 2.24) is 24.7 Å². The number of rotatable bonds is 2. The Hall–Kier alpha value is -2.06. The molecule has 0 aromatic carbocycles. The van der Waals surface area contributed by atoms with Crippen LogP contribution >= 0.6 is 11.3 Å². The molecule has 1 aliphatic rings. The summed E-state index contributed by atoms with van der Waals surface area (Å²) in [5.41, 5.74) is 1.88. The Morgan fingerprint density at radius 3 is 3.09 bits per heavy atom. The fourth-order valence-electron chi connectivity index (χ4n) is 2.71. The molecule has 7 nitrogen and oxygen atoms in total. The van der Waals surface area contributed by atoms with Crippen LogP contribution < -0.4 is 4.90 Å². The number of fused-ring (bicyclic) bond motifs is 1. The Bertz CT molecular complexity index is 813. The summed E-state index contributed by atoms with van der Waals surface area (Å²) < 4.78 is 7.65. The minimum atomic E-state index is -0.00543. The van der Waals surface area contributed by atoms with Crippen molar-refractivity contribution in [2.75, 3.05) is 24.6 Å². The predicted molar refractivity (Wildman–Crippen MR) is 84.1 cm³/mol. The van der Waals surface area contributed by atoms with Crippen LogP contribution in [0.1, 0.15) is 16.8 Å². The lowest BCUT2D eigenvalue weighted by Crippen LogP contribution is -2.39. The van der Waals surface area contributed by atoms with Crippen LogP contribution in [0.15, 0.2) is 17.9 Å². The zero-order valence-electron chi connectivity index (χ0n) is 12.4. The number of nitrogens with zero attached hydrogens (tertiary/aromatic N) is 6. The van der Waals surface area contributed by atoms with Crippen molar-refractivity contribution in [2.45, 2.75) is 13.0 Å². The van der Waals surface area contributed by atoms with Crippen molar-refractivity contribution < 1.29 is 4.74 Å². The topological polar surface area (TPSA) is 69.0 Å². The fraction of sp³-hybridized carbons (Fsp3) is 0.429. The van der Waals surface area contributed by atoms with Gasteiger partial charge in [-0.1, -0.05) is 0 Å². The molecule has 8 heteroatoms. The second kappa shape index (κ2) is 5.29. The minimum Gasteiger partial charge on any atom is -0.367 e. The summed E-state index contributed by atoms with van der Waals surface area (Å²) in [5, 5.41) is 8.33. The molecule has 1 saturated heterocycles. The van der Waals surface area contributed by atoms with Crippen LogP contribution in [0.3, 0.4) is 0 Å². The highest BCUT2D eigenvalue weighted by Gasteiger charge is 2.26. The van der Waals surface area contributed by atoms with Crippen molar-refractivity contribution in [3.63, 3.8) is 0 Å². The Kier molecular flexibility index (Phi) is 3.27. The molecule has 3 aromatic heterocycles. The number of ether oxygens (including phenoxy) is 1. The van der Waals surface area contributed by atoms with Gasteiger partial charge >= 0.3 is 0 Å². The van der Waals surface area contributed by atoms with Crippen LogP contribution in [0, 0.1) is 6.92 Å². The molecule has 0 N–H and O–H groups in total. The zero-order valence-corrected chi connectivity index (χ0v) is 13.2. The number of anilines is 1. The van der Waals surface area contributed by atoms with Crippen LogP contribution in [0.2, 0.25) is 0 Å². The predicted octanol–water partition coefficient (Wildman–Crippen LogP) is 1.71. The van der Waals surface area contributed by atoms with E-state index in [-0.39, 0.29) is 6.10 Å². The highest BCUT2D eigenvalue weighted by molar-refractivity contribution is 7.09. The molecule has 1 fully saturated rings. The summed E-state index contributed by atoms with van der Waals surface area (Å²) in [7, 11) is 1.89. The van der Waals surface area contributed by atoms with E-state index < -0.39 is 0 Å². The molecular formula is C14H16N6OS. The van der Waals surface area contributed by atoms with Crippen LogP contribution in [-0.2, 0) is 11.8 Å². The van der Waals surface area contributed by atoms with Crippen molar-refractivity contribution in [2.24, 2.45) is 7.05 Å². The first-order valence-electron chi connectivity index (χ1n) is 7.13. The summed E-state index contributed by atoms with van der Waals surface area (Å²) >= 11 is 1.65. The molecule has 3 aromatic rings. The molecule has 0 bridgehead atoms. The number of thiazole rings is 1. The summed E-state index contributed by atoms with van der Waals surface area (Å²) in [6, 6.07) is 0. The summed E-state index contributed by atoms with van der Waals surface area (Å²) in [6.07, 6.45) is 3.41. The highest BCUT2D eigenvalue weighted by Crippen LogP contribution is 2.29. The van der Waals surface area contributed by atoms with Crippen molar-refractivity contribution in [3.05, 3.63) is 28.6 Å². The van der Waals surface area contributed by atoms with E-state index >= 15 is 0 Å². The second-order valence-electron chi connectivity index (χ2n) is 5.34. The van der Waals surface area contributed by atoms with Crippen LogP contribution in [0.4, 0.5) is 5.82 Å². The van der Waals surface area contributed by atoms with E-state index in [2.05, 4.69) is 30.3 Å². The van der Waals surface area contributed by atoms with Gasteiger partial charge in [0.25, 0.3) is 0 Å². The van der Waals surface area contributed by atoms with E-state index in [4.69, 9.17) is 4.74 Å². The SMILES string of the molecule is Cc1csc([C@@H]2CN(c3ncnc4c3cnn4C)CCO2)n1. The molecular weight excluding hydrogens is 300 g/mol. The maximum Gasteiger partial charge on any atom is 0.163 e. The normalized spacial score (nSPS) is 19.0. The molecule has 0 spiro atoms. The van der Waals surface area contributed by atoms with E-state index in [1.54, 1.807) is 22.3 Å². The van der Waals surface area contributed by atoms with Gasteiger partial charge in [-0.15, -0.1) is 11.3 Å². The monoisotopic (exact) mass is 316 g/mol. The fourth-order valence-corrected chi connectivity index (χ4v) is 3.55. The standard InChI is InChI=1S/C14H16N6OS/c1-9-7-22-14(18-9)11-6-20(3-4-21-11)13-10-5-17-19(2)12(10)15-8-16-13/h5,7-8,11H,3-4,6H2,1-2H3/t11-/m0/s1.